The van der Waals surface area contributed by atoms with Gasteiger partial charge >= 0.3 is 0 Å². The zero-order valence-electron chi connectivity index (χ0n) is 11.4. The van der Waals surface area contributed by atoms with Crippen LogP contribution in [0.5, 0.6) is 0 Å². The molecule has 0 spiro atoms. The second-order valence-electron chi connectivity index (χ2n) is 4.70. The molecular weight excluding hydrogens is 340 g/mol. The number of nitrogens with one attached hydrogen (secondary N) is 1. The topological polar surface area (TPSA) is 78.9 Å². The third-order valence-electron chi connectivity index (χ3n) is 3.20. The van der Waals surface area contributed by atoms with Gasteiger partial charge in [-0.1, -0.05) is 15.9 Å². The summed E-state index contributed by atoms with van der Waals surface area (Å²) in [7, 11) is 0. The first-order valence-corrected chi connectivity index (χ1v) is 7.43. The Morgan fingerprint density at radius 1 is 1.38 bits per heavy atom. The summed E-state index contributed by atoms with van der Waals surface area (Å²) in [5.41, 5.74) is 0.501. The highest BCUT2D eigenvalue weighted by Crippen LogP contribution is 2.10. The van der Waals surface area contributed by atoms with Crippen LogP contribution >= 0.6 is 15.9 Å². The molecule has 1 aromatic rings. The molecule has 1 saturated heterocycles. The van der Waals surface area contributed by atoms with Gasteiger partial charge < -0.3 is 20.1 Å². The number of aliphatic hydroxyl groups is 1. The molecule has 1 fully saturated rings. The van der Waals surface area contributed by atoms with Crippen molar-refractivity contribution in [1.82, 2.24) is 10.2 Å². The quantitative estimate of drug-likeness (QED) is 0.818. The summed E-state index contributed by atoms with van der Waals surface area (Å²) in [5, 5.41) is 11.6. The standard InChI is InChI=1S/C14H17BrN2O4/c15-11-3-1-10(2-4-11)14(20)16-7-13(19)17-5-6-21-12(8-17)9-18/h1-4,12,18H,5-9H2,(H,16,20). The lowest BCUT2D eigenvalue weighted by Gasteiger charge is -2.32. The lowest BCUT2D eigenvalue weighted by Crippen LogP contribution is -2.49. The van der Waals surface area contributed by atoms with Gasteiger partial charge in [-0.25, -0.2) is 0 Å². The summed E-state index contributed by atoms with van der Waals surface area (Å²) in [6.45, 7) is 1.05. The number of ether oxygens (including phenoxy) is 1. The number of morpholine rings is 1. The molecule has 1 aromatic carbocycles. The maximum absolute atomic E-state index is 12.0. The summed E-state index contributed by atoms with van der Waals surface area (Å²) in [4.78, 5) is 25.5. The van der Waals surface area contributed by atoms with E-state index in [2.05, 4.69) is 21.2 Å². The van der Waals surface area contributed by atoms with E-state index in [1.807, 2.05) is 0 Å². The van der Waals surface area contributed by atoms with Crippen molar-refractivity contribution < 1.29 is 19.4 Å². The van der Waals surface area contributed by atoms with Gasteiger partial charge in [0.2, 0.25) is 5.91 Å². The van der Waals surface area contributed by atoms with Crippen LogP contribution in [0.15, 0.2) is 28.7 Å². The zero-order chi connectivity index (χ0) is 15.2. The Balaban J connectivity index is 1.83. The number of hydrogen-bond acceptors (Lipinski definition) is 4. The molecule has 1 unspecified atom stereocenters. The number of rotatable bonds is 4. The molecule has 0 aromatic heterocycles. The van der Waals surface area contributed by atoms with Crippen LogP contribution in [0, 0.1) is 0 Å². The number of halogens is 1. The van der Waals surface area contributed by atoms with Gasteiger partial charge in [0.25, 0.3) is 5.91 Å². The number of aliphatic hydroxyl groups excluding tert-OH is 1. The van der Waals surface area contributed by atoms with Crippen LogP contribution in [0.1, 0.15) is 10.4 Å². The van der Waals surface area contributed by atoms with Crippen LogP contribution in [-0.2, 0) is 9.53 Å². The second-order valence-corrected chi connectivity index (χ2v) is 5.62. The molecule has 0 aliphatic carbocycles. The monoisotopic (exact) mass is 356 g/mol. The van der Waals surface area contributed by atoms with Crippen molar-refractivity contribution in [3.05, 3.63) is 34.3 Å². The third-order valence-corrected chi connectivity index (χ3v) is 3.73. The average molecular weight is 357 g/mol. The lowest BCUT2D eigenvalue weighted by molar-refractivity contribution is -0.139. The minimum absolute atomic E-state index is 0.0625. The Labute approximate surface area is 131 Å². The molecule has 1 aliphatic rings. The van der Waals surface area contributed by atoms with E-state index in [-0.39, 0.29) is 31.1 Å². The van der Waals surface area contributed by atoms with Gasteiger partial charge in [0.1, 0.15) is 0 Å². The highest BCUT2D eigenvalue weighted by atomic mass is 79.9. The Morgan fingerprint density at radius 3 is 2.76 bits per heavy atom. The van der Waals surface area contributed by atoms with E-state index in [1.54, 1.807) is 29.2 Å². The molecule has 1 atom stereocenters. The van der Waals surface area contributed by atoms with Crippen molar-refractivity contribution in [1.29, 1.82) is 0 Å². The maximum atomic E-state index is 12.0. The van der Waals surface area contributed by atoms with Gasteiger partial charge in [-0.15, -0.1) is 0 Å². The molecule has 2 N–H and O–H groups in total. The normalized spacial score (nSPS) is 18.4. The molecule has 0 radical (unpaired) electrons. The van der Waals surface area contributed by atoms with Crippen molar-refractivity contribution >= 4 is 27.7 Å². The fraction of sp³-hybridized carbons (Fsp3) is 0.429. The minimum Gasteiger partial charge on any atom is -0.394 e. The van der Waals surface area contributed by atoms with Crippen molar-refractivity contribution in [2.24, 2.45) is 0 Å². The fourth-order valence-electron chi connectivity index (χ4n) is 2.03. The molecule has 1 heterocycles. The Bertz CT molecular complexity index is 506. The van der Waals surface area contributed by atoms with Crippen LogP contribution in [0.3, 0.4) is 0 Å². The third kappa shape index (κ3) is 4.52. The highest BCUT2D eigenvalue weighted by Gasteiger charge is 2.23. The Kier molecular flexibility index (Phi) is 5.72. The van der Waals surface area contributed by atoms with Gasteiger partial charge in [0.05, 0.1) is 25.9 Å². The highest BCUT2D eigenvalue weighted by molar-refractivity contribution is 9.10. The molecule has 7 heteroatoms. The van der Waals surface area contributed by atoms with Gasteiger partial charge in [0.15, 0.2) is 0 Å². The lowest BCUT2D eigenvalue weighted by atomic mass is 10.2. The first-order valence-electron chi connectivity index (χ1n) is 6.64. The number of nitrogens with zero attached hydrogens (tertiary/aromatic N) is 1. The summed E-state index contributed by atoms with van der Waals surface area (Å²) in [5.74, 6) is -0.468. The summed E-state index contributed by atoms with van der Waals surface area (Å²) < 4.78 is 6.17. The number of carbonyl (C=O) groups excluding carboxylic acids is 2. The molecule has 1 aliphatic heterocycles. The fourth-order valence-corrected chi connectivity index (χ4v) is 2.29. The molecule has 0 saturated carbocycles. The van der Waals surface area contributed by atoms with E-state index in [0.717, 1.165) is 4.47 Å². The van der Waals surface area contributed by atoms with Gasteiger partial charge in [-0.05, 0) is 24.3 Å². The first-order chi connectivity index (χ1) is 10.1. The molecule has 114 valence electrons. The second kappa shape index (κ2) is 7.53. The van der Waals surface area contributed by atoms with Crippen LogP contribution in [0.25, 0.3) is 0 Å². The van der Waals surface area contributed by atoms with E-state index in [0.29, 0.717) is 25.3 Å². The Hall–Kier alpha value is -1.44. The van der Waals surface area contributed by atoms with E-state index in [1.165, 1.54) is 0 Å². The van der Waals surface area contributed by atoms with Gasteiger partial charge in [0, 0.05) is 23.1 Å². The van der Waals surface area contributed by atoms with Crippen molar-refractivity contribution in [3.63, 3.8) is 0 Å². The van der Waals surface area contributed by atoms with E-state index >= 15 is 0 Å². The molecule has 2 amide bonds. The van der Waals surface area contributed by atoms with Gasteiger partial charge in [-0.2, -0.15) is 0 Å². The Morgan fingerprint density at radius 2 is 2.10 bits per heavy atom. The average Bonchev–Trinajstić information content (AvgIpc) is 2.53. The summed E-state index contributed by atoms with van der Waals surface area (Å²) >= 11 is 3.30. The van der Waals surface area contributed by atoms with Crippen LogP contribution < -0.4 is 5.32 Å². The largest absolute Gasteiger partial charge is 0.394 e. The summed E-state index contributed by atoms with van der Waals surface area (Å²) in [6, 6.07) is 6.90. The molecule has 0 bridgehead atoms. The number of benzene rings is 1. The molecule has 21 heavy (non-hydrogen) atoms. The van der Waals surface area contributed by atoms with Crippen molar-refractivity contribution in [2.45, 2.75) is 6.10 Å². The van der Waals surface area contributed by atoms with Crippen molar-refractivity contribution in [3.8, 4) is 0 Å². The van der Waals surface area contributed by atoms with Crippen LogP contribution in [0.2, 0.25) is 0 Å². The van der Waals surface area contributed by atoms with E-state index in [4.69, 9.17) is 9.84 Å². The predicted molar refractivity (Wildman–Crippen MR) is 79.9 cm³/mol. The smallest absolute Gasteiger partial charge is 0.251 e. The molecular formula is C14H17BrN2O4. The predicted octanol–water partition coefficient (Wildman–Crippen LogP) is 0.399. The van der Waals surface area contributed by atoms with E-state index < -0.39 is 0 Å². The molecule has 2 rings (SSSR count). The molecule has 6 nitrogen and oxygen atoms in total. The van der Waals surface area contributed by atoms with Crippen LogP contribution in [-0.4, -0.2) is 60.8 Å². The zero-order valence-corrected chi connectivity index (χ0v) is 13.0. The number of hydrogen-bond donors (Lipinski definition) is 2. The van der Waals surface area contributed by atoms with Gasteiger partial charge in [-0.3, -0.25) is 9.59 Å². The minimum atomic E-state index is -0.343. The SMILES string of the molecule is O=C(NCC(=O)N1CCOC(CO)C1)c1ccc(Br)cc1. The van der Waals surface area contributed by atoms with Crippen molar-refractivity contribution in [2.75, 3.05) is 32.8 Å². The number of carbonyl (C=O) groups is 2. The first kappa shape index (κ1) is 15.9. The van der Waals surface area contributed by atoms with E-state index in [9.17, 15) is 9.59 Å². The number of amides is 2. The van der Waals surface area contributed by atoms with Crippen LogP contribution in [0.4, 0.5) is 0 Å². The maximum Gasteiger partial charge on any atom is 0.251 e. The summed E-state index contributed by atoms with van der Waals surface area (Å²) in [6.07, 6.45) is -0.343.